The lowest BCUT2D eigenvalue weighted by molar-refractivity contribution is 0.775. The summed E-state index contributed by atoms with van der Waals surface area (Å²) in [5.74, 6) is 0. The zero-order chi connectivity index (χ0) is 24.6. The van der Waals surface area contributed by atoms with Crippen molar-refractivity contribution in [3.8, 4) is 11.1 Å². The van der Waals surface area contributed by atoms with E-state index in [1.165, 1.54) is 66.0 Å². The molecule has 6 aromatic carbocycles. The number of aryl methyl sites for hydroxylation is 1. The van der Waals surface area contributed by atoms with Gasteiger partial charge in [-0.25, -0.2) is 0 Å². The predicted octanol–water partition coefficient (Wildman–Crippen LogP) is 8.85. The molecule has 1 nitrogen and oxygen atoms in total. The van der Waals surface area contributed by atoms with Gasteiger partial charge in [0.15, 0.2) is 0 Å². The maximum atomic E-state index is 2.40. The van der Waals surface area contributed by atoms with E-state index in [9.17, 15) is 0 Å². The topological polar surface area (TPSA) is 4.93 Å². The number of hydrogen-bond donors (Lipinski definition) is 0. The second-order valence-electron chi connectivity index (χ2n) is 10.2. The third-order valence-electron chi connectivity index (χ3n) is 8.45. The first kappa shape index (κ1) is 20.6. The Hall–Kier alpha value is -4.62. The second kappa shape index (κ2) is 7.44. The van der Waals surface area contributed by atoms with Gasteiger partial charge in [-0.1, -0.05) is 115 Å². The molecular weight excluding hydrogens is 446 g/mol. The van der Waals surface area contributed by atoms with E-state index in [4.69, 9.17) is 0 Å². The van der Waals surface area contributed by atoms with Gasteiger partial charge in [-0.2, -0.15) is 0 Å². The van der Waals surface area contributed by atoms with E-state index < -0.39 is 5.41 Å². The van der Waals surface area contributed by atoms with Crippen molar-refractivity contribution in [1.82, 2.24) is 4.57 Å². The van der Waals surface area contributed by atoms with Crippen molar-refractivity contribution in [3.05, 3.63) is 156 Å². The first-order chi connectivity index (χ1) is 18.3. The molecular formula is C36H25N. The molecule has 1 heterocycles. The number of rotatable bonds is 2. The third kappa shape index (κ3) is 2.58. The van der Waals surface area contributed by atoms with Gasteiger partial charge in [-0.05, 0) is 62.4 Å². The van der Waals surface area contributed by atoms with Crippen LogP contribution in [0, 0.1) is 0 Å². The quantitative estimate of drug-likeness (QED) is 0.237. The SMILES string of the molecule is Cn1c2cc3ccccc3cc2c2c3c(ccc21)-c1ccccc1C3(c1ccccc1)c1ccccc1. The molecule has 1 heteroatoms. The van der Waals surface area contributed by atoms with E-state index in [1.807, 2.05) is 0 Å². The first-order valence-electron chi connectivity index (χ1n) is 12.9. The first-order valence-corrected chi connectivity index (χ1v) is 12.9. The molecule has 0 spiro atoms. The van der Waals surface area contributed by atoms with E-state index in [0.29, 0.717) is 0 Å². The predicted molar refractivity (Wildman–Crippen MR) is 155 cm³/mol. The highest BCUT2D eigenvalue weighted by atomic mass is 14.9. The Kier molecular flexibility index (Phi) is 4.14. The minimum atomic E-state index is -0.409. The van der Waals surface area contributed by atoms with Crippen LogP contribution in [0.5, 0.6) is 0 Å². The summed E-state index contributed by atoms with van der Waals surface area (Å²) in [7, 11) is 2.21. The Balaban J connectivity index is 1.65. The average molecular weight is 472 g/mol. The fourth-order valence-electron chi connectivity index (χ4n) is 6.92. The van der Waals surface area contributed by atoms with Crippen LogP contribution in [-0.2, 0) is 12.5 Å². The summed E-state index contributed by atoms with van der Waals surface area (Å²) in [6.07, 6.45) is 0. The molecule has 1 aromatic heterocycles. The van der Waals surface area contributed by atoms with Crippen LogP contribution in [0.15, 0.2) is 133 Å². The van der Waals surface area contributed by atoms with Crippen molar-refractivity contribution in [2.75, 3.05) is 0 Å². The van der Waals surface area contributed by atoms with Crippen LogP contribution in [0.2, 0.25) is 0 Å². The summed E-state index contributed by atoms with van der Waals surface area (Å²) < 4.78 is 2.38. The molecule has 0 bridgehead atoms. The summed E-state index contributed by atoms with van der Waals surface area (Å²) in [5.41, 5.74) is 10.1. The lowest BCUT2D eigenvalue weighted by Gasteiger charge is -2.34. The minimum absolute atomic E-state index is 0.409. The van der Waals surface area contributed by atoms with Gasteiger partial charge < -0.3 is 4.57 Å². The molecule has 0 fully saturated rings. The van der Waals surface area contributed by atoms with E-state index in [0.717, 1.165) is 0 Å². The van der Waals surface area contributed by atoms with E-state index in [1.54, 1.807) is 0 Å². The Bertz CT molecular complexity index is 1940. The van der Waals surface area contributed by atoms with Gasteiger partial charge >= 0.3 is 0 Å². The number of aromatic nitrogens is 1. The normalized spacial score (nSPS) is 13.8. The van der Waals surface area contributed by atoms with Crippen LogP contribution in [0.25, 0.3) is 43.7 Å². The maximum Gasteiger partial charge on any atom is 0.0720 e. The molecule has 1 aliphatic rings. The average Bonchev–Trinajstić information content (AvgIpc) is 3.42. The summed E-state index contributed by atoms with van der Waals surface area (Å²) >= 11 is 0. The molecule has 0 saturated carbocycles. The van der Waals surface area contributed by atoms with E-state index >= 15 is 0 Å². The van der Waals surface area contributed by atoms with Crippen LogP contribution in [-0.4, -0.2) is 4.57 Å². The smallest absolute Gasteiger partial charge is 0.0720 e. The monoisotopic (exact) mass is 471 g/mol. The lowest BCUT2D eigenvalue weighted by atomic mass is 9.67. The Labute approximate surface area is 216 Å². The van der Waals surface area contributed by atoms with Gasteiger partial charge in [0.1, 0.15) is 0 Å². The van der Waals surface area contributed by atoms with Gasteiger partial charge in [0, 0.05) is 28.9 Å². The molecule has 0 radical (unpaired) electrons. The van der Waals surface area contributed by atoms with Gasteiger partial charge in [-0.15, -0.1) is 0 Å². The standard InChI is InChI=1S/C36H25N/c1-37-32-21-20-29-28-18-10-11-19-31(28)36(26-14-4-2-5-15-26,27-16-6-3-7-17-27)35(29)34(32)30-22-24-12-8-9-13-25(24)23-33(30)37/h2-23H,1H3. The van der Waals surface area contributed by atoms with Crippen molar-refractivity contribution in [3.63, 3.8) is 0 Å². The van der Waals surface area contributed by atoms with Crippen molar-refractivity contribution < 1.29 is 0 Å². The molecule has 0 amide bonds. The van der Waals surface area contributed by atoms with Crippen LogP contribution in [0.3, 0.4) is 0 Å². The highest BCUT2D eigenvalue weighted by molar-refractivity contribution is 6.17. The molecule has 0 aliphatic heterocycles. The molecule has 37 heavy (non-hydrogen) atoms. The van der Waals surface area contributed by atoms with Crippen molar-refractivity contribution in [1.29, 1.82) is 0 Å². The Morgan fingerprint density at radius 3 is 1.81 bits per heavy atom. The minimum Gasteiger partial charge on any atom is -0.344 e. The molecule has 0 saturated heterocycles. The molecule has 7 aromatic rings. The Morgan fingerprint density at radius 1 is 0.514 bits per heavy atom. The largest absolute Gasteiger partial charge is 0.344 e. The fourth-order valence-corrected chi connectivity index (χ4v) is 6.92. The maximum absolute atomic E-state index is 2.40. The highest BCUT2D eigenvalue weighted by Gasteiger charge is 2.47. The molecule has 1 aliphatic carbocycles. The third-order valence-corrected chi connectivity index (χ3v) is 8.45. The summed E-state index contributed by atoms with van der Waals surface area (Å²) in [4.78, 5) is 0. The summed E-state index contributed by atoms with van der Waals surface area (Å²) in [6, 6.07) is 49.3. The van der Waals surface area contributed by atoms with E-state index in [2.05, 4.69) is 145 Å². The molecule has 174 valence electrons. The van der Waals surface area contributed by atoms with Gasteiger partial charge in [-0.3, -0.25) is 0 Å². The van der Waals surface area contributed by atoms with Gasteiger partial charge in [0.05, 0.1) is 5.41 Å². The summed E-state index contributed by atoms with van der Waals surface area (Å²) in [6.45, 7) is 0. The number of hydrogen-bond acceptors (Lipinski definition) is 0. The zero-order valence-electron chi connectivity index (χ0n) is 20.6. The molecule has 0 atom stereocenters. The molecule has 0 unspecified atom stereocenters. The van der Waals surface area contributed by atoms with Crippen molar-refractivity contribution >= 4 is 32.6 Å². The van der Waals surface area contributed by atoms with Crippen molar-refractivity contribution in [2.24, 2.45) is 7.05 Å². The fraction of sp³-hybridized carbons (Fsp3) is 0.0556. The van der Waals surface area contributed by atoms with Crippen LogP contribution in [0.1, 0.15) is 22.3 Å². The highest BCUT2D eigenvalue weighted by Crippen LogP contribution is 2.59. The number of fused-ring (bicyclic) bond motifs is 8. The van der Waals surface area contributed by atoms with Crippen LogP contribution >= 0.6 is 0 Å². The molecule has 0 N–H and O–H groups in total. The van der Waals surface area contributed by atoms with Crippen LogP contribution < -0.4 is 0 Å². The second-order valence-corrected chi connectivity index (χ2v) is 10.2. The van der Waals surface area contributed by atoms with Crippen molar-refractivity contribution in [2.45, 2.75) is 5.41 Å². The van der Waals surface area contributed by atoms with E-state index in [-0.39, 0.29) is 0 Å². The number of benzene rings is 6. The Morgan fingerprint density at radius 2 is 1.11 bits per heavy atom. The molecule has 8 rings (SSSR count). The van der Waals surface area contributed by atoms with Crippen LogP contribution in [0.4, 0.5) is 0 Å². The lowest BCUT2D eigenvalue weighted by Crippen LogP contribution is -2.28. The number of nitrogens with zero attached hydrogens (tertiary/aromatic N) is 1. The van der Waals surface area contributed by atoms with Gasteiger partial charge in [0.2, 0.25) is 0 Å². The zero-order valence-corrected chi connectivity index (χ0v) is 20.6. The van der Waals surface area contributed by atoms with Gasteiger partial charge in [0.25, 0.3) is 0 Å². The summed E-state index contributed by atoms with van der Waals surface area (Å²) in [5, 5.41) is 5.22.